The van der Waals surface area contributed by atoms with Crippen LogP contribution in [0.15, 0.2) is 47.5 Å². The molecule has 1 heterocycles. The Morgan fingerprint density at radius 3 is 2.56 bits per heavy atom. The second-order valence-corrected chi connectivity index (χ2v) is 5.77. The van der Waals surface area contributed by atoms with Crippen LogP contribution < -0.4 is 15.4 Å². The Kier molecular flexibility index (Phi) is 9.26. The molecule has 2 rings (SSSR count). The van der Waals surface area contributed by atoms with Crippen LogP contribution in [0.2, 0.25) is 0 Å². The topological polar surface area (TPSA) is 58.5 Å². The smallest absolute Gasteiger partial charge is 0.191 e. The number of halogens is 1. The molecule has 0 saturated carbocycles. The Morgan fingerprint density at radius 2 is 1.88 bits per heavy atom. The Labute approximate surface area is 167 Å². The summed E-state index contributed by atoms with van der Waals surface area (Å²) < 4.78 is 5.96. The average Bonchev–Trinajstić information content (AvgIpc) is 2.57. The van der Waals surface area contributed by atoms with E-state index in [-0.39, 0.29) is 30.1 Å². The number of aromatic nitrogens is 1. The van der Waals surface area contributed by atoms with E-state index in [1.54, 1.807) is 7.05 Å². The van der Waals surface area contributed by atoms with Crippen molar-refractivity contribution in [2.45, 2.75) is 33.4 Å². The van der Waals surface area contributed by atoms with Gasteiger partial charge in [-0.05, 0) is 44.5 Å². The van der Waals surface area contributed by atoms with E-state index in [2.05, 4.69) is 20.6 Å². The summed E-state index contributed by atoms with van der Waals surface area (Å²) in [5.41, 5.74) is 3.14. The fourth-order valence-corrected chi connectivity index (χ4v) is 2.28. The molecule has 0 fully saturated rings. The van der Waals surface area contributed by atoms with Gasteiger partial charge in [0.05, 0.1) is 18.8 Å². The van der Waals surface area contributed by atoms with Crippen LogP contribution in [0.1, 0.15) is 23.9 Å². The summed E-state index contributed by atoms with van der Waals surface area (Å²) in [5.74, 6) is 1.65. The average molecular weight is 454 g/mol. The number of nitrogens with one attached hydrogen (secondary N) is 2. The molecule has 0 radical (unpaired) electrons. The number of aliphatic imine (C=N–C) groups is 1. The molecule has 136 valence electrons. The molecule has 1 aromatic carbocycles. The summed E-state index contributed by atoms with van der Waals surface area (Å²) in [7, 11) is 1.76. The Hall–Kier alpha value is -1.83. The molecular weight excluding hydrogens is 427 g/mol. The van der Waals surface area contributed by atoms with Gasteiger partial charge in [0, 0.05) is 12.7 Å². The molecule has 0 spiro atoms. The second-order valence-electron chi connectivity index (χ2n) is 5.77. The lowest BCUT2D eigenvalue weighted by atomic mass is 10.2. The molecule has 1 atom stereocenters. The van der Waals surface area contributed by atoms with E-state index in [0.29, 0.717) is 13.1 Å². The summed E-state index contributed by atoms with van der Waals surface area (Å²) in [5, 5.41) is 6.54. The summed E-state index contributed by atoms with van der Waals surface area (Å²) in [4.78, 5) is 8.70. The first-order valence-electron chi connectivity index (χ1n) is 8.18. The van der Waals surface area contributed by atoms with Gasteiger partial charge in [0.1, 0.15) is 11.9 Å². The van der Waals surface area contributed by atoms with Crippen LogP contribution in [0.25, 0.3) is 0 Å². The normalized spacial score (nSPS) is 12.1. The molecule has 0 bridgehead atoms. The lowest BCUT2D eigenvalue weighted by molar-refractivity contribution is 0.222. The second kappa shape index (κ2) is 10.9. The van der Waals surface area contributed by atoms with Crippen LogP contribution in [-0.2, 0) is 6.54 Å². The lowest BCUT2D eigenvalue weighted by Crippen LogP contribution is -2.41. The first-order valence-corrected chi connectivity index (χ1v) is 8.18. The van der Waals surface area contributed by atoms with Crippen molar-refractivity contribution in [2.24, 2.45) is 4.99 Å². The van der Waals surface area contributed by atoms with Crippen molar-refractivity contribution in [3.05, 3.63) is 59.4 Å². The number of para-hydroxylation sites is 1. The maximum absolute atomic E-state index is 5.96. The predicted molar refractivity (Wildman–Crippen MR) is 114 cm³/mol. The van der Waals surface area contributed by atoms with Gasteiger partial charge in [-0.15, -0.1) is 24.0 Å². The molecule has 6 heteroatoms. The van der Waals surface area contributed by atoms with E-state index in [9.17, 15) is 0 Å². The highest BCUT2D eigenvalue weighted by molar-refractivity contribution is 14.0. The number of ether oxygens (including phenoxy) is 1. The molecule has 0 aliphatic heterocycles. The summed E-state index contributed by atoms with van der Waals surface area (Å²) in [6.07, 6.45) is 0.0294. The van der Waals surface area contributed by atoms with Gasteiger partial charge < -0.3 is 15.4 Å². The highest BCUT2D eigenvalue weighted by Gasteiger charge is 2.07. The van der Waals surface area contributed by atoms with Gasteiger partial charge in [-0.25, -0.2) is 0 Å². The summed E-state index contributed by atoms with van der Waals surface area (Å²) in [6.45, 7) is 7.37. The van der Waals surface area contributed by atoms with E-state index >= 15 is 0 Å². The zero-order chi connectivity index (χ0) is 17.4. The van der Waals surface area contributed by atoms with Gasteiger partial charge in [0.2, 0.25) is 0 Å². The summed E-state index contributed by atoms with van der Waals surface area (Å²) >= 11 is 0. The predicted octanol–water partition coefficient (Wildman–Crippen LogP) is 3.45. The molecule has 2 aromatic rings. The van der Waals surface area contributed by atoms with Gasteiger partial charge in [-0.2, -0.15) is 0 Å². The first kappa shape index (κ1) is 21.2. The minimum Gasteiger partial charge on any atom is -0.489 e. The zero-order valence-corrected chi connectivity index (χ0v) is 17.6. The van der Waals surface area contributed by atoms with Crippen LogP contribution >= 0.6 is 24.0 Å². The molecule has 0 aliphatic rings. The molecule has 0 aliphatic carbocycles. The fourth-order valence-electron chi connectivity index (χ4n) is 2.28. The van der Waals surface area contributed by atoms with Crippen molar-refractivity contribution in [1.29, 1.82) is 0 Å². The quantitative estimate of drug-likeness (QED) is 0.399. The third kappa shape index (κ3) is 7.29. The third-order valence-electron chi connectivity index (χ3n) is 3.59. The Bertz CT molecular complexity index is 691. The monoisotopic (exact) mass is 454 g/mol. The van der Waals surface area contributed by atoms with Crippen LogP contribution in [-0.4, -0.2) is 30.6 Å². The van der Waals surface area contributed by atoms with Crippen molar-refractivity contribution in [1.82, 2.24) is 15.6 Å². The van der Waals surface area contributed by atoms with Crippen LogP contribution in [0.3, 0.4) is 0 Å². The van der Waals surface area contributed by atoms with Crippen molar-refractivity contribution in [3.63, 3.8) is 0 Å². The number of aryl methyl sites for hydroxylation is 2. The van der Waals surface area contributed by atoms with E-state index < -0.39 is 0 Å². The van der Waals surface area contributed by atoms with Gasteiger partial charge in [0.25, 0.3) is 0 Å². The van der Waals surface area contributed by atoms with E-state index in [1.165, 1.54) is 0 Å². The molecule has 25 heavy (non-hydrogen) atoms. The van der Waals surface area contributed by atoms with Crippen molar-refractivity contribution >= 4 is 29.9 Å². The molecular formula is C19H27IN4O. The van der Waals surface area contributed by atoms with Crippen LogP contribution in [0, 0.1) is 13.8 Å². The minimum absolute atomic E-state index is 0. The van der Waals surface area contributed by atoms with Crippen molar-refractivity contribution in [3.8, 4) is 5.75 Å². The van der Waals surface area contributed by atoms with Gasteiger partial charge >= 0.3 is 0 Å². The zero-order valence-electron chi connectivity index (χ0n) is 15.2. The molecule has 2 N–H and O–H groups in total. The van der Waals surface area contributed by atoms with Gasteiger partial charge in [0.15, 0.2) is 5.96 Å². The van der Waals surface area contributed by atoms with Crippen molar-refractivity contribution in [2.75, 3.05) is 13.6 Å². The van der Waals surface area contributed by atoms with E-state index in [0.717, 1.165) is 28.7 Å². The number of pyridine rings is 1. The minimum atomic E-state index is 0. The highest BCUT2D eigenvalue weighted by atomic mass is 127. The lowest BCUT2D eigenvalue weighted by Gasteiger charge is -2.18. The fraction of sp³-hybridized carbons (Fsp3) is 0.368. The number of nitrogens with zero attached hydrogens (tertiary/aromatic N) is 2. The SMILES string of the molecule is CN=C(NCc1cccc(C)n1)NCC(C)Oc1ccccc1C.I. The molecule has 1 aromatic heterocycles. The number of hydrogen-bond acceptors (Lipinski definition) is 3. The highest BCUT2D eigenvalue weighted by Crippen LogP contribution is 2.17. The van der Waals surface area contributed by atoms with Gasteiger partial charge in [-0.1, -0.05) is 24.3 Å². The maximum Gasteiger partial charge on any atom is 0.191 e. The standard InChI is InChI=1S/C19H26N4O.HI/c1-14-8-5-6-11-18(14)24-16(3)12-21-19(20-4)22-13-17-10-7-9-15(2)23-17;/h5-11,16H,12-13H2,1-4H3,(H2,20,21,22);1H. The van der Waals surface area contributed by atoms with Crippen molar-refractivity contribution < 1.29 is 4.74 Å². The van der Waals surface area contributed by atoms with Crippen LogP contribution in [0.5, 0.6) is 5.75 Å². The third-order valence-corrected chi connectivity index (χ3v) is 3.59. The van der Waals surface area contributed by atoms with E-state index in [1.807, 2.05) is 63.2 Å². The maximum atomic E-state index is 5.96. The Morgan fingerprint density at radius 1 is 1.12 bits per heavy atom. The molecule has 5 nitrogen and oxygen atoms in total. The van der Waals surface area contributed by atoms with Gasteiger partial charge in [-0.3, -0.25) is 9.98 Å². The number of guanidine groups is 1. The molecule has 0 saturated heterocycles. The van der Waals surface area contributed by atoms with Crippen LogP contribution in [0.4, 0.5) is 0 Å². The molecule has 0 amide bonds. The number of benzene rings is 1. The summed E-state index contributed by atoms with van der Waals surface area (Å²) in [6, 6.07) is 14.0. The largest absolute Gasteiger partial charge is 0.489 e. The first-order chi connectivity index (χ1) is 11.6. The number of hydrogen-bond donors (Lipinski definition) is 2. The molecule has 1 unspecified atom stereocenters. The number of rotatable bonds is 6. The Balaban J connectivity index is 0.00000312. The van der Waals surface area contributed by atoms with E-state index in [4.69, 9.17) is 4.74 Å².